The molecule has 1 aromatic rings. The van der Waals surface area contributed by atoms with Crippen LogP contribution in [-0.2, 0) is 4.79 Å². The molecule has 2 heterocycles. The lowest BCUT2D eigenvalue weighted by molar-refractivity contribution is -0.140. The van der Waals surface area contributed by atoms with Gasteiger partial charge in [-0.2, -0.15) is 0 Å². The van der Waals surface area contributed by atoms with E-state index in [1.54, 1.807) is 6.07 Å². The highest BCUT2D eigenvalue weighted by Crippen LogP contribution is 2.40. The van der Waals surface area contributed by atoms with Crippen LogP contribution in [0.5, 0.6) is 0 Å². The zero-order chi connectivity index (χ0) is 18.8. The molecule has 1 N–H and O–H groups in total. The molecule has 6 nitrogen and oxygen atoms in total. The number of amides is 2. The molecule has 27 heavy (non-hydrogen) atoms. The van der Waals surface area contributed by atoms with Crippen molar-refractivity contribution in [3.8, 4) is 0 Å². The van der Waals surface area contributed by atoms with Gasteiger partial charge in [0.05, 0.1) is 0 Å². The zero-order valence-corrected chi connectivity index (χ0v) is 16.3. The van der Waals surface area contributed by atoms with Crippen molar-refractivity contribution in [2.75, 3.05) is 6.54 Å². The van der Waals surface area contributed by atoms with Crippen LogP contribution in [0.2, 0.25) is 0 Å². The fourth-order valence-corrected chi connectivity index (χ4v) is 4.66. The minimum Gasteiger partial charge on any atom is -0.360 e. The summed E-state index contributed by atoms with van der Waals surface area (Å²) >= 11 is 0. The topological polar surface area (TPSA) is 75.4 Å². The number of nitrogens with zero attached hydrogens (tertiary/aromatic N) is 2. The number of rotatable bonds is 5. The molecule has 6 heteroatoms. The number of piperidine rings is 1. The predicted octanol–water partition coefficient (Wildman–Crippen LogP) is 3.63. The lowest BCUT2D eigenvalue weighted by Crippen LogP contribution is -2.53. The molecule has 1 aliphatic heterocycles. The Morgan fingerprint density at radius 3 is 2.67 bits per heavy atom. The maximum atomic E-state index is 13.0. The number of hydrogen-bond acceptors (Lipinski definition) is 4. The van der Waals surface area contributed by atoms with E-state index in [2.05, 4.69) is 22.3 Å². The Balaban J connectivity index is 1.33. The minimum absolute atomic E-state index is 0.0962. The van der Waals surface area contributed by atoms with Gasteiger partial charge in [0.2, 0.25) is 5.91 Å². The van der Waals surface area contributed by atoms with Gasteiger partial charge in [-0.25, -0.2) is 0 Å². The van der Waals surface area contributed by atoms with Gasteiger partial charge in [-0.3, -0.25) is 9.59 Å². The fourth-order valence-electron chi connectivity index (χ4n) is 4.66. The summed E-state index contributed by atoms with van der Waals surface area (Å²) in [5, 5.41) is 7.05. The van der Waals surface area contributed by atoms with Crippen molar-refractivity contribution in [2.24, 2.45) is 5.92 Å². The van der Waals surface area contributed by atoms with Crippen LogP contribution in [0.3, 0.4) is 0 Å². The van der Waals surface area contributed by atoms with E-state index in [0.29, 0.717) is 17.5 Å². The average Bonchev–Trinajstić information content (AvgIpc) is 3.44. The Morgan fingerprint density at radius 2 is 1.96 bits per heavy atom. The summed E-state index contributed by atoms with van der Waals surface area (Å²) in [6, 6.07) is 2.10. The first-order chi connectivity index (χ1) is 13.2. The van der Waals surface area contributed by atoms with Crippen LogP contribution < -0.4 is 5.32 Å². The van der Waals surface area contributed by atoms with Gasteiger partial charge >= 0.3 is 0 Å². The highest BCUT2D eigenvalue weighted by Gasteiger charge is 2.35. The smallest absolute Gasteiger partial charge is 0.273 e. The summed E-state index contributed by atoms with van der Waals surface area (Å²) in [4.78, 5) is 27.6. The van der Waals surface area contributed by atoms with Gasteiger partial charge in [0.15, 0.2) is 5.69 Å². The molecule has 0 spiro atoms. The molecule has 148 valence electrons. The first kappa shape index (κ1) is 18.5. The molecule has 3 aliphatic rings. The van der Waals surface area contributed by atoms with E-state index in [4.69, 9.17) is 4.52 Å². The molecule has 1 saturated heterocycles. The highest BCUT2D eigenvalue weighted by molar-refractivity contribution is 5.92. The Bertz CT molecular complexity index is 676. The van der Waals surface area contributed by atoms with Gasteiger partial charge in [-0.15, -0.1) is 0 Å². The molecule has 2 atom stereocenters. The molecule has 2 amide bonds. The number of carbonyl (C=O) groups is 2. The minimum atomic E-state index is -0.155. The van der Waals surface area contributed by atoms with Crippen LogP contribution in [0.25, 0.3) is 0 Å². The molecule has 1 aromatic heterocycles. The van der Waals surface area contributed by atoms with E-state index in [0.717, 1.165) is 57.3 Å². The van der Waals surface area contributed by atoms with Gasteiger partial charge in [-0.1, -0.05) is 31.3 Å². The van der Waals surface area contributed by atoms with Crippen molar-refractivity contribution in [3.63, 3.8) is 0 Å². The number of carbonyl (C=O) groups excluding carboxylic acids is 2. The molecular formula is C21H31N3O3. The summed E-state index contributed by atoms with van der Waals surface area (Å²) < 4.78 is 5.29. The van der Waals surface area contributed by atoms with Crippen LogP contribution >= 0.6 is 0 Å². The van der Waals surface area contributed by atoms with E-state index in [9.17, 15) is 9.59 Å². The fraction of sp³-hybridized carbons (Fsp3) is 0.762. The van der Waals surface area contributed by atoms with Gasteiger partial charge in [-0.05, 0) is 44.9 Å². The molecule has 0 radical (unpaired) electrons. The van der Waals surface area contributed by atoms with Gasteiger partial charge in [0, 0.05) is 36.5 Å². The second-order valence-corrected chi connectivity index (χ2v) is 8.51. The Morgan fingerprint density at radius 1 is 1.19 bits per heavy atom. The van der Waals surface area contributed by atoms with Crippen molar-refractivity contribution in [1.82, 2.24) is 15.4 Å². The molecule has 0 bridgehead atoms. The second kappa shape index (κ2) is 8.03. The van der Waals surface area contributed by atoms with Crippen molar-refractivity contribution < 1.29 is 14.1 Å². The molecule has 2 aliphatic carbocycles. The van der Waals surface area contributed by atoms with E-state index in [-0.39, 0.29) is 23.9 Å². The van der Waals surface area contributed by atoms with Crippen molar-refractivity contribution in [3.05, 3.63) is 17.5 Å². The van der Waals surface area contributed by atoms with Gasteiger partial charge in [0.1, 0.15) is 5.76 Å². The molecule has 1 unspecified atom stereocenters. The standard InChI is InChI=1S/C21H31N3O3/c1-2-17-12-16(10-11-24(17)21(26)15-6-4-3-5-7-15)22-20(25)18-13-19(27-23-18)14-8-9-14/h13-17H,2-12H2,1H3,(H,22,25)/t16?,17-/m0/s1. The summed E-state index contributed by atoms with van der Waals surface area (Å²) in [5.74, 6) is 1.70. The highest BCUT2D eigenvalue weighted by atomic mass is 16.5. The molecule has 4 rings (SSSR count). The predicted molar refractivity (Wildman–Crippen MR) is 101 cm³/mol. The first-order valence-electron chi connectivity index (χ1n) is 10.7. The van der Waals surface area contributed by atoms with Crippen LogP contribution in [-0.4, -0.2) is 40.5 Å². The Hall–Kier alpha value is -1.85. The maximum absolute atomic E-state index is 13.0. The second-order valence-electron chi connectivity index (χ2n) is 8.51. The van der Waals surface area contributed by atoms with Crippen molar-refractivity contribution in [2.45, 2.75) is 89.1 Å². The van der Waals surface area contributed by atoms with Crippen molar-refractivity contribution >= 4 is 11.8 Å². The van der Waals surface area contributed by atoms with Gasteiger partial charge < -0.3 is 14.7 Å². The third-order valence-electron chi connectivity index (χ3n) is 6.50. The summed E-state index contributed by atoms with van der Waals surface area (Å²) in [6.07, 6.45) is 10.5. The van der Waals surface area contributed by atoms with E-state index in [1.807, 2.05) is 0 Å². The number of hydrogen-bond donors (Lipinski definition) is 1. The van der Waals surface area contributed by atoms with Crippen LogP contribution in [0.15, 0.2) is 10.6 Å². The largest absolute Gasteiger partial charge is 0.360 e. The maximum Gasteiger partial charge on any atom is 0.273 e. The molecule has 2 saturated carbocycles. The Kier molecular flexibility index (Phi) is 5.50. The third kappa shape index (κ3) is 4.19. The monoisotopic (exact) mass is 373 g/mol. The van der Waals surface area contributed by atoms with Crippen molar-refractivity contribution in [1.29, 1.82) is 0 Å². The SMILES string of the molecule is CC[C@H]1CC(NC(=O)c2cc(C3CC3)on2)CCN1C(=O)C1CCCCC1. The number of likely N-dealkylation sites (tertiary alicyclic amines) is 1. The molecule has 3 fully saturated rings. The molecular weight excluding hydrogens is 342 g/mol. The van der Waals surface area contributed by atoms with E-state index >= 15 is 0 Å². The quantitative estimate of drug-likeness (QED) is 0.855. The van der Waals surface area contributed by atoms with E-state index < -0.39 is 0 Å². The zero-order valence-electron chi connectivity index (χ0n) is 16.3. The lowest BCUT2D eigenvalue weighted by atomic mass is 9.86. The van der Waals surface area contributed by atoms with Gasteiger partial charge in [0.25, 0.3) is 5.91 Å². The lowest BCUT2D eigenvalue weighted by Gasteiger charge is -2.41. The van der Waals surface area contributed by atoms with Crippen LogP contribution in [0.1, 0.15) is 93.3 Å². The van der Waals surface area contributed by atoms with Crippen LogP contribution in [0.4, 0.5) is 0 Å². The number of aromatic nitrogens is 1. The normalized spacial score (nSPS) is 26.8. The van der Waals surface area contributed by atoms with E-state index in [1.165, 1.54) is 19.3 Å². The Labute approximate surface area is 161 Å². The summed E-state index contributed by atoms with van der Waals surface area (Å²) in [6.45, 7) is 2.88. The van der Waals surface area contributed by atoms with Crippen LogP contribution in [0, 0.1) is 5.92 Å². The summed E-state index contributed by atoms with van der Waals surface area (Å²) in [5.41, 5.74) is 0.380. The average molecular weight is 373 g/mol. The molecule has 0 aromatic carbocycles. The third-order valence-corrected chi connectivity index (χ3v) is 6.50. The summed E-state index contributed by atoms with van der Waals surface area (Å²) in [7, 11) is 0. The first-order valence-corrected chi connectivity index (χ1v) is 10.7. The number of nitrogens with one attached hydrogen (secondary N) is 1.